The smallest absolute Gasteiger partial charge is 0.0831 e. The van der Waals surface area contributed by atoms with Crippen molar-refractivity contribution in [2.45, 2.75) is 24.9 Å². The highest BCUT2D eigenvalue weighted by Crippen LogP contribution is 2.38. The van der Waals surface area contributed by atoms with Gasteiger partial charge in [0.15, 0.2) is 0 Å². The first-order valence-corrected chi connectivity index (χ1v) is 13.9. The van der Waals surface area contributed by atoms with Crippen LogP contribution in [0.15, 0.2) is 156 Å². The number of anilines is 2. The molecule has 0 saturated heterocycles. The van der Waals surface area contributed by atoms with Crippen LogP contribution in [-0.2, 0) is 0 Å². The van der Waals surface area contributed by atoms with Crippen molar-refractivity contribution in [1.29, 1.82) is 0 Å². The summed E-state index contributed by atoms with van der Waals surface area (Å²) in [7, 11) is 0. The maximum absolute atomic E-state index is 5.13. The Morgan fingerprint density at radius 3 is 1.07 bits per heavy atom. The molecule has 7 rings (SSSR count). The molecule has 0 aromatic heterocycles. The summed E-state index contributed by atoms with van der Waals surface area (Å²) in [6.45, 7) is 0. The van der Waals surface area contributed by atoms with Gasteiger partial charge in [0, 0.05) is 12.8 Å². The van der Waals surface area contributed by atoms with E-state index < -0.39 is 0 Å². The average molecular weight is 519 g/mol. The van der Waals surface area contributed by atoms with Gasteiger partial charge >= 0.3 is 0 Å². The van der Waals surface area contributed by atoms with E-state index in [9.17, 15) is 0 Å². The van der Waals surface area contributed by atoms with Crippen LogP contribution in [0.3, 0.4) is 0 Å². The largest absolute Gasteiger partial charge is 0.257 e. The van der Waals surface area contributed by atoms with Crippen molar-refractivity contribution in [3.8, 4) is 0 Å². The van der Waals surface area contributed by atoms with Crippen molar-refractivity contribution >= 4 is 22.8 Å². The van der Waals surface area contributed by atoms with Crippen LogP contribution in [0.2, 0.25) is 0 Å². The van der Waals surface area contributed by atoms with E-state index in [-0.39, 0.29) is 12.1 Å². The minimum atomic E-state index is 0.170. The lowest BCUT2D eigenvalue weighted by atomic mass is 9.95. The highest BCUT2D eigenvalue weighted by atomic mass is 15.5. The summed E-state index contributed by atoms with van der Waals surface area (Å²) < 4.78 is 0. The fraction of sp³-hybridized carbons (Fsp3) is 0.111. The Labute approximate surface area is 235 Å². The predicted molar refractivity (Wildman–Crippen MR) is 165 cm³/mol. The molecule has 5 aromatic carbocycles. The number of para-hydroxylation sites is 2. The van der Waals surface area contributed by atoms with Crippen molar-refractivity contribution in [1.82, 2.24) is 0 Å². The van der Waals surface area contributed by atoms with Crippen molar-refractivity contribution in [3.63, 3.8) is 0 Å². The summed E-state index contributed by atoms with van der Waals surface area (Å²) >= 11 is 0. The molecule has 0 fully saturated rings. The zero-order valence-corrected chi connectivity index (χ0v) is 22.2. The van der Waals surface area contributed by atoms with E-state index >= 15 is 0 Å². The minimum absolute atomic E-state index is 0.170. The SMILES string of the molecule is c1ccc([C@H]2CC(c3ccc(C4=NN(c5ccccc5)[C@H](c5ccccc5)C4)cc3)=NN2c2ccccc2)cc1. The summed E-state index contributed by atoms with van der Waals surface area (Å²) in [5.41, 5.74) is 9.27. The lowest BCUT2D eigenvalue weighted by Gasteiger charge is -2.23. The summed E-state index contributed by atoms with van der Waals surface area (Å²) in [4.78, 5) is 0. The van der Waals surface area contributed by atoms with E-state index in [0.29, 0.717) is 0 Å². The van der Waals surface area contributed by atoms with E-state index in [1.165, 1.54) is 11.1 Å². The maximum atomic E-state index is 5.13. The molecule has 2 aliphatic rings. The molecule has 0 N–H and O–H groups in total. The second kappa shape index (κ2) is 10.7. The van der Waals surface area contributed by atoms with Crippen LogP contribution in [0.4, 0.5) is 11.4 Å². The topological polar surface area (TPSA) is 31.2 Å². The Balaban J connectivity index is 1.18. The Morgan fingerprint density at radius 2 is 0.725 bits per heavy atom. The molecule has 40 heavy (non-hydrogen) atoms. The Bertz CT molecular complexity index is 1500. The van der Waals surface area contributed by atoms with Crippen LogP contribution in [0, 0.1) is 0 Å². The molecule has 2 heterocycles. The molecule has 0 bridgehead atoms. The molecular formula is C36H30N4. The number of nitrogens with zero attached hydrogens (tertiary/aromatic N) is 4. The summed E-state index contributed by atoms with van der Waals surface area (Å²) in [6.07, 6.45) is 1.72. The molecule has 5 aromatic rings. The molecule has 0 spiro atoms. The number of hydrogen-bond donors (Lipinski definition) is 0. The molecule has 0 radical (unpaired) electrons. The fourth-order valence-electron chi connectivity index (χ4n) is 5.73. The number of hydrazone groups is 2. The molecule has 0 aliphatic carbocycles. The Kier molecular flexibility index (Phi) is 6.42. The molecule has 4 heteroatoms. The van der Waals surface area contributed by atoms with E-state index in [1.807, 2.05) is 12.1 Å². The number of benzene rings is 5. The molecule has 0 amide bonds. The summed E-state index contributed by atoms with van der Waals surface area (Å²) in [5.74, 6) is 0. The molecular weight excluding hydrogens is 488 g/mol. The first-order valence-electron chi connectivity index (χ1n) is 13.9. The van der Waals surface area contributed by atoms with E-state index in [0.717, 1.165) is 46.8 Å². The Hall–Kier alpha value is -4.96. The fourth-order valence-corrected chi connectivity index (χ4v) is 5.73. The van der Waals surface area contributed by atoms with Gasteiger partial charge in [-0.15, -0.1) is 0 Å². The third-order valence-electron chi connectivity index (χ3n) is 7.78. The molecule has 0 unspecified atom stereocenters. The average Bonchev–Trinajstić information content (AvgIpc) is 3.69. The van der Waals surface area contributed by atoms with Gasteiger partial charge in [-0.05, 0) is 46.5 Å². The van der Waals surface area contributed by atoms with Crippen LogP contribution in [-0.4, -0.2) is 11.4 Å². The Morgan fingerprint density at radius 1 is 0.400 bits per heavy atom. The lowest BCUT2D eigenvalue weighted by molar-refractivity contribution is 0.709. The second-order valence-corrected chi connectivity index (χ2v) is 10.3. The number of hydrogen-bond acceptors (Lipinski definition) is 4. The lowest BCUT2D eigenvalue weighted by Crippen LogP contribution is -2.18. The first kappa shape index (κ1) is 24.1. The van der Waals surface area contributed by atoms with Crippen molar-refractivity contribution in [2.75, 3.05) is 10.0 Å². The van der Waals surface area contributed by atoms with E-state index in [1.54, 1.807) is 0 Å². The highest BCUT2D eigenvalue weighted by molar-refractivity contribution is 6.06. The van der Waals surface area contributed by atoms with Gasteiger partial charge in [-0.3, -0.25) is 10.0 Å². The van der Waals surface area contributed by atoms with Crippen molar-refractivity contribution in [2.24, 2.45) is 10.2 Å². The summed E-state index contributed by atoms with van der Waals surface area (Å²) in [5, 5.41) is 14.6. The van der Waals surface area contributed by atoms with Crippen LogP contribution < -0.4 is 10.0 Å². The predicted octanol–water partition coefficient (Wildman–Crippen LogP) is 8.40. The van der Waals surface area contributed by atoms with Crippen molar-refractivity contribution in [3.05, 3.63) is 168 Å². The van der Waals surface area contributed by atoms with Gasteiger partial charge in [-0.1, -0.05) is 121 Å². The monoisotopic (exact) mass is 518 g/mol. The van der Waals surface area contributed by atoms with Gasteiger partial charge in [0.05, 0.1) is 34.9 Å². The van der Waals surface area contributed by atoms with Gasteiger partial charge in [-0.25, -0.2) is 0 Å². The first-order chi connectivity index (χ1) is 19.8. The third kappa shape index (κ3) is 4.69. The minimum Gasteiger partial charge on any atom is -0.257 e. The van der Waals surface area contributed by atoms with Crippen LogP contribution >= 0.6 is 0 Å². The molecule has 194 valence electrons. The van der Waals surface area contributed by atoms with Gasteiger partial charge in [0.25, 0.3) is 0 Å². The standard InChI is InChI=1S/C36H30N4/c1-5-13-29(14-6-1)35-25-33(37-39(35)31-17-9-3-10-18-31)27-21-23-28(24-22-27)34-26-36(30-15-7-2-8-16-30)40(38-34)32-19-11-4-12-20-32/h1-24,35-36H,25-26H2/t35-,36+. The normalized spacial score (nSPS) is 18.5. The quantitative estimate of drug-likeness (QED) is 0.226. The van der Waals surface area contributed by atoms with E-state index in [2.05, 4.69) is 143 Å². The molecule has 4 nitrogen and oxygen atoms in total. The number of rotatable bonds is 6. The van der Waals surface area contributed by atoms with Gasteiger partial charge in [-0.2, -0.15) is 10.2 Å². The molecule has 0 saturated carbocycles. The highest BCUT2D eigenvalue weighted by Gasteiger charge is 2.31. The van der Waals surface area contributed by atoms with Crippen LogP contribution in [0.25, 0.3) is 0 Å². The summed E-state index contributed by atoms with van der Waals surface area (Å²) in [6, 6.07) is 51.4. The molecule has 2 atom stereocenters. The van der Waals surface area contributed by atoms with Crippen molar-refractivity contribution < 1.29 is 0 Å². The van der Waals surface area contributed by atoms with E-state index in [4.69, 9.17) is 10.2 Å². The van der Waals surface area contributed by atoms with Gasteiger partial charge < -0.3 is 0 Å². The zero-order chi connectivity index (χ0) is 26.7. The van der Waals surface area contributed by atoms with Gasteiger partial charge in [0.1, 0.15) is 0 Å². The zero-order valence-electron chi connectivity index (χ0n) is 22.2. The van der Waals surface area contributed by atoms with Crippen LogP contribution in [0.1, 0.15) is 47.2 Å². The van der Waals surface area contributed by atoms with Gasteiger partial charge in [0.2, 0.25) is 0 Å². The third-order valence-corrected chi connectivity index (χ3v) is 7.78. The second-order valence-electron chi connectivity index (χ2n) is 10.3. The molecule has 2 aliphatic heterocycles. The maximum Gasteiger partial charge on any atom is 0.0831 e. The van der Waals surface area contributed by atoms with Crippen LogP contribution in [0.5, 0.6) is 0 Å².